The van der Waals surface area contributed by atoms with Crippen LogP contribution in [0.25, 0.3) is 0 Å². The highest BCUT2D eigenvalue weighted by molar-refractivity contribution is 7.99. The lowest BCUT2D eigenvalue weighted by Gasteiger charge is -2.35. The lowest BCUT2D eigenvalue weighted by atomic mass is 9.95. The molecule has 0 bridgehead atoms. The number of ether oxygens (including phenoxy) is 1. The average Bonchev–Trinajstić information content (AvgIpc) is 3.04. The van der Waals surface area contributed by atoms with E-state index in [-0.39, 0.29) is 5.92 Å². The van der Waals surface area contributed by atoms with E-state index in [9.17, 15) is 4.79 Å². The Balaban J connectivity index is 1.51. The van der Waals surface area contributed by atoms with Crippen LogP contribution in [0.4, 0.5) is 5.13 Å². The minimum Gasteiger partial charge on any atom is -0.377 e. The molecule has 0 aliphatic carbocycles. The van der Waals surface area contributed by atoms with E-state index in [1.165, 1.54) is 11.5 Å². The highest BCUT2D eigenvalue weighted by Crippen LogP contribution is 2.26. The summed E-state index contributed by atoms with van der Waals surface area (Å²) in [5.74, 6) is 3.45. The van der Waals surface area contributed by atoms with Crippen LogP contribution < -0.4 is 4.90 Å². The van der Waals surface area contributed by atoms with Gasteiger partial charge in [-0.1, -0.05) is 0 Å². The van der Waals surface area contributed by atoms with E-state index >= 15 is 0 Å². The largest absolute Gasteiger partial charge is 0.377 e. The summed E-state index contributed by atoms with van der Waals surface area (Å²) in [7, 11) is 1.65. The number of carbonyl (C=O) groups is 1. The van der Waals surface area contributed by atoms with Gasteiger partial charge in [-0.2, -0.15) is 16.1 Å². The molecule has 1 aromatic heterocycles. The van der Waals surface area contributed by atoms with E-state index in [1.807, 2.05) is 11.8 Å². The predicted molar refractivity (Wildman–Crippen MR) is 89.5 cm³/mol. The second-order valence-corrected chi connectivity index (χ2v) is 7.58. The molecule has 0 saturated carbocycles. The van der Waals surface area contributed by atoms with Gasteiger partial charge in [-0.05, 0) is 12.8 Å². The predicted octanol–water partition coefficient (Wildman–Crippen LogP) is 1.48. The first-order chi connectivity index (χ1) is 10.8. The maximum absolute atomic E-state index is 12.5. The summed E-state index contributed by atoms with van der Waals surface area (Å²) < 4.78 is 9.35. The normalized spacial score (nSPS) is 20.4. The van der Waals surface area contributed by atoms with Crippen molar-refractivity contribution in [3.63, 3.8) is 0 Å². The summed E-state index contributed by atoms with van der Waals surface area (Å²) in [6, 6.07) is 0. The highest BCUT2D eigenvalue weighted by atomic mass is 32.2. The maximum atomic E-state index is 12.5. The fourth-order valence-corrected chi connectivity index (χ4v) is 4.55. The minimum atomic E-state index is 0.186. The number of amides is 1. The number of thioether (sulfide) groups is 1. The van der Waals surface area contributed by atoms with Crippen molar-refractivity contribution in [1.29, 1.82) is 0 Å². The Hall–Kier alpha value is -0.860. The summed E-state index contributed by atoms with van der Waals surface area (Å²) >= 11 is 3.36. The van der Waals surface area contributed by atoms with Crippen molar-refractivity contribution in [2.45, 2.75) is 19.4 Å². The second-order valence-electron chi connectivity index (χ2n) is 5.63. The monoisotopic (exact) mass is 342 g/mol. The van der Waals surface area contributed by atoms with Crippen molar-refractivity contribution in [3.05, 3.63) is 5.82 Å². The van der Waals surface area contributed by atoms with E-state index in [2.05, 4.69) is 19.2 Å². The number of methoxy groups -OCH3 is 1. The molecule has 3 heterocycles. The van der Waals surface area contributed by atoms with Crippen LogP contribution in [-0.4, -0.2) is 65.0 Å². The van der Waals surface area contributed by atoms with Crippen molar-refractivity contribution in [2.24, 2.45) is 5.92 Å². The molecule has 0 radical (unpaired) electrons. The molecule has 6 nitrogen and oxygen atoms in total. The molecule has 22 heavy (non-hydrogen) atoms. The molecule has 0 spiro atoms. The third-order valence-electron chi connectivity index (χ3n) is 4.17. The van der Waals surface area contributed by atoms with Gasteiger partial charge in [0.2, 0.25) is 11.0 Å². The van der Waals surface area contributed by atoms with Gasteiger partial charge in [0.25, 0.3) is 0 Å². The maximum Gasteiger partial charge on any atom is 0.225 e. The Morgan fingerprint density at radius 2 is 2.00 bits per heavy atom. The smallest absolute Gasteiger partial charge is 0.225 e. The summed E-state index contributed by atoms with van der Waals surface area (Å²) in [4.78, 5) is 21.3. The van der Waals surface area contributed by atoms with E-state index in [0.717, 1.165) is 61.5 Å². The van der Waals surface area contributed by atoms with E-state index in [4.69, 9.17) is 4.74 Å². The van der Waals surface area contributed by atoms with E-state index in [1.54, 1.807) is 7.11 Å². The van der Waals surface area contributed by atoms with Crippen molar-refractivity contribution < 1.29 is 9.53 Å². The molecular formula is C14H22N4O2S2. The first-order valence-corrected chi connectivity index (χ1v) is 9.63. The van der Waals surface area contributed by atoms with Crippen molar-refractivity contribution in [2.75, 3.05) is 49.7 Å². The van der Waals surface area contributed by atoms with Gasteiger partial charge in [-0.3, -0.25) is 4.79 Å². The van der Waals surface area contributed by atoms with Crippen LogP contribution in [0.2, 0.25) is 0 Å². The molecule has 0 aromatic carbocycles. The van der Waals surface area contributed by atoms with Gasteiger partial charge in [0, 0.05) is 62.2 Å². The molecule has 2 aliphatic heterocycles. The zero-order valence-corrected chi connectivity index (χ0v) is 14.5. The SMILES string of the molecule is COCc1nsc(N2CCC(C(=O)N3CCSCC3)CC2)n1. The minimum absolute atomic E-state index is 0.186. The molecule has 0 atom stereocenters. The number of aromatic nitrogens is 2. The third-order valence-corrected chi connectivity index (χ3v) is 5.93. The Kier molecular flexibility index (Phi) is 5.54. The van der Waals surface area contributed by atoms with Gasteiger partial charge in [0.15, 0.2) is 5.82 Å². The lowest BCUT2D eigenvalue weighted by molar-refractivity contribution is -0.135. The van der Waals surface area contributed by atoms with Crippen LogP contribution in [0.1, 0.15) is 18.7 Å². The summed E-state index contributed by atoms with van der Waals surface area (Å²) in [6.07, 6.45) is 1.84. The summed E-state index contributed by atoms with van der Waals surface area (Å²) in [6.45, 7) is 4.07. The third kappa shape index (κ3) is 3.72. The quantitative estimate of drug-likeness (QED) is 0.826. The lowest BCUT2D eigenvalue weighted by Crippen LogP contribution is -2.45. The molecule has 3 rings (SSSR count). The standard InChI is InChI=1S/C14H22N4O2S2/c1-20-10-12-15-14(22-16-12)18-4-2-11(3-5-18)13(19)17-6-8-21-9-7-17/h11H,2-10H2,1H3. The number of nitrogens with zero attached hydrogens (tertiary/aromatic N) is 4. The first kappa shape index (κ1) is 16.0. The zero-order valence-electron chi connectivity index (χ0n) is 12.9. The van der Waals surface area contributed by atoms with Crippen LogP contribution in [0, 0.1) is 5.92 Å². The van der Waals surface area contributed by atoms with Crippen LogP contribution in [0.3, 0.4) is 0 Å². The van der Waals surface area contributed by atoms with Crippen LogP contribution >= 0.6 is 23.3 Å². The highest BCUT2D eigenvalue weighted by Gasteiger charge is 2.30. The van der Waals surface area contributed by atoms with E-state index in [0.29, 0.717) is 12.5 Å². The Morgan fingerprint density at radius 3 is 2.68 bits per heavy atom. The first-order valence-electron chi connectivity index (χ1n) is 7.71. The topological polar surface area (TPSA) is 58.6 Å². The molecule has 1 amide bonds. The Labute approximate surface area is 139 Å². The fraction of sp³-hybridized carbons (Fsp3) is 0.786. The number of rotatable bonds is 4. The van der Waals surface area contributed by atoms with Crippen molar-refractivity contribution in [1.82, 2.24) is 14.3 Å². The molecule has 122 valence electrons. The Morgan fingerprint density at radius 1 is 1.27 bits per heavy atom. The number of carbonyl (C=O) groups excluding carboxylic acids is 1. The summed E-state index contributed by atoms with van der Waals surface area (Å²) in [5, 5.41) is 0.951. The summed E-state index contributed by atoms with van der Waals surface area (Å²) in [5.41, 5.74) is 0. The average molecular weight is 342 g/mol. The van der Waals surface area contributed by atoms with E-state index < -0.39 is 0 Å². The molecule has 8 heteroatoms. The molecule has 0 unspecified atom stereocenters. The molecule has 2 aliphatic rings. The van der Waals surface area contributed by atoms with Gasteiger partial charge in [-0.25, -0.2) is 4.98 Å². The number of piperidine rings is 1. The molecule has 2 fully saturated rings. The number of anilines is 1. The van der Waals surface area contributed by atoms with Crippen LogP contribution in [0.15, 0.2) is 0 Å². The molecule has 0 N–H and O–H groups in total. The second kappa shape index (κ2) is 7.61. The Bertz CT molecular complexity index is 497. The van der Waals surface area contributed by atoms with Crippen molar-refractivity contribution in [3.8, 4) is 0 Å². The zero-order chi connectivity index (χ0) is 15.4. The van der Waals surface area contributed by atoms with Gasteiger partial charge in [-0.15, -0.1) is 0 Å². The van der Waals surface area contributed by atoms with Crippen LogP contribution in [-0.2, 0) is 16.1 Å². The fourth-order valence-electron chi connectivity index (χ4n) is 2.92. The van der Waals surface area contributed by atoms with Gasteiger partial charge in [0.05, 0.1) is 0 Å². The van der Waals surface area contributed by atoms with Crippen molar-refractivity contribution >= 4 is 34.3 Å². The molecule has 2 saturated heterocycles. The van der Waals surface area contributed by atoms with Gasteiger partial charge >= 0.3 is 0 Å². The van der Waals surface area contributed by atoms with Gasteiger partial charge in [0.1, 0.15) is 6.61 Å². The molecule has 1 aromatic rings. The van der Waals surface area contributed by atoms with Crippen LogP contribution in [0.5, 0.6) is 0 Å². The number of hydrogen-bond acceptors (Lipinski definition) is 7. The number of hydrogen-bond donors (Lipinski definition) is 0. The molecular weight excluding hydrogens is 320 g/mol. The van der Waals surface area contributed by atoms with Gasteiger partial charge < -0.3 is 14.5 Å².